The van der Waals surface area contributed by atoms with Gasteiger partial charge in [-0.1, -0.05) is 16.9 Å². The second-order valence-corrected chi connectivity index (χ2v) is 7.53. The Kier molecular flexibility index (Phi) is 8.70. The number of Topliss-reactive ketones (excluding diaryl/α,β-unsaturated/α-hetero) is 1. The van der Waals surface area contributed by atoms with Crippen molar-refractivity contribution in [2.24, 2.45) is 5.16 Å². The molecule has 0 aliphatic carbocycles. The van der Waals surface area contributed by atoms with Gasteiger partial charge in [0.25, 0.3) is 0 Å². The molecule has 146 valence electrons. The van der Waals surface area contributed by atoms with Crippen molar-refractivity contribution < 1.29 is 47.2 Å². The zero-order chi connectivity index (χ0) is 19.2. The van der Waals surface area contributed by atoms with Gasteiger partial charge in [-0.15, -0.1) is 0 Å². The van der Waals surface area contributed by atoms with Crippen molar-refractivity contribution in [3.8, 4) is 0 Å². The monoisotopic (exact) mass is 403 g/mol. The highest BCUT2D eigenvalue weighted by atomic mass is 32.3. The molecule has 0 radical (unpaired) electrons. The number of carbonyl (C=O) groups is 1. The molecule has 1 heterocycles. The molecule has 1 aliphatic heterocycles. The van der Waals surface area contributed by atoms with E-state index in [1.807, 2.05) is 0 Å². The number of hydrogen-bond donors (Lipinski definition) is 5. The molecule has 11 nitrogen and oxygen atoms in total. The first-order chi connectivity index (χ1) is 11.5. The van der Waals surface area contributed by atoms with Gasteiger partial charge in [0, 0.05) is 6.42 Å². The lowest BCUT2D eigenvalue weighted by Gasteiger charge is -2.39. The van der Waals surface area contributed by atoms with Gasteiger partial charge in [-0.25, -0.2) is 4.28 Å². The third-order valence-electron chi connectivity index (χ3n) is 3.25. The lowest BCUT2D eigenvalue weighted by atomic mass is 10.0. The predicted octanol–water partition coefficient (Wildman–Crippen LogP) is -1.59. The Labute approximate surface area is 148 Å². The molecular weight excluding hydrogens is 382 g/mol. The van der Waals surface area contributed by atoms with E-state index in [4.69, 9.17) is 14.4 Å². The van der Waals surface area contributed by atoms with Crippen molar-refractivity contribution in [3.05, 3.63) is 0 Å². The largest absolute Gasteiger partial charge is 0.466 e. The van der Waals surface area contributed by atoms with Crippen LogP contribution < -0.4 is 0 Å². The van der Waals surface area contributed by atoms with E-state index < -0.39 is 46.9 Å². The minimum absolute atomic E-state index is 0.0387. The summed E-state index contributed by atoms with van der Waals surface area (Å²) in [7, 11) is -4.85. The minimum Gasteiger partial charge on any atom is -0.394 e. The van der Waals surface area contributed by atoms with E-state index in [1.54, 1.807) is 0 Å². The van der Waals surface area contributed by atoms with Gasteiger partial charge in [0.1, 0.15) is 40.7 Å². The quantitative estimate of drug-likeness (QED) is 0.136. The number of aliphatic hydroxyl groups excluding tert-OH is 4. The van der Waals surface area contributed by atoms with Gasteiger partial charge < -0.3 is 30.0 Å². The lowest BCUT2D eigenvalue weighted by molar-refractivity contribution is -0.205. The molecule has 0 spiro atoms. The predicted molar refractivity (Wildman–Crippen MR) is 86.0 cm³/mol. The second kappa shape index (κ2) is 9.78. The van der Waals surface area contributed by atoms with Crippen molar-refractivity contribution >= 4 is 33.0 Å². The summed E-state index contributed by atoms with van der Waals surface area (Å²) in [6, 6.07) is 0. The summed E-state index contributed by atoms with van der Waals surface area (Å²) < 4.78 is 39.1. The van der Waals surface area contributed by atoms with E-state index in [-0.39, 0.29) is 30.1 Å². The first kappa shape index (κ1) is 22.2. The fraction of sp³-hybridized carbons (Fsp3) is 0.833. The summed E-state index contributed by atoms with van der Waals surface area (Å²) in [6.45, 7) is 0.747. The van der Waals surface area contributed by atoms with Crippen LogP contribution in [0.5, 0.6) is 0 Å². The average Bonchev–Trinajstić information content (AvgIpc) is 2.51. The average molecular weight is 403 g/mol. The SMILES string of the molecule is CC(=O)CCC/C(=N\OS(=O)(=O)O)S[C@H]1O[C@@H](CO)[C@@H](O)[C@@H](O)[C@H]1O. The maximum atomic E-state index is 11.0. The first-order valence-corrected chi connectivity index (χ1v) is 9.49. The molecule has 0 amide bonds. The summed E-state index contributed by atoms with van der Waals surface area (Å²) in [6.07, 6.45) is -5.32. The number of oxime groups is 1. The molecule has 13 heteroatoms. The summed E-state index contributed by atoms with van der Waals surface area (Å²) in [4.78, 5) is 11.0. The second-order valence-electron chi connectivity index (χ2n) is 5.36. The van der Waals surface area contributed by atoms with Gasteiger partial charge in [-0.05, 0) is 19.8 Å². The van der Waals surface area contributed by atoms with Gasteiger partial charge in [-0.3, -0.25) is 4.55 Å². The van der Waals surface area contributed by atoms with E-state index >= 15 is 0 Å². The molecule has 1 fully saturated rings. The van der Waals surface area contributed by atoms with Crippen LogP contribution in [-0.4, -0.2) is 80.7 Å². The molecule has 1 rings (SSSR count). The molecule has 1 aliphatic rings. The Hall–Kier alpha value is -0.800. The number of nitrogens with zero attached hydrogens (tertiary/aromatic N) is 1. The Balaban J connectivity index is 2.85. The zero-order valence-electron chi connectivity index (χ0n) is 13.3. The Morgan fingerprint density at radius 3 is 2.36 bits per heavy atom. The van der Waals surface area contributed by atoms with Crippen molar-refractivity contribution in [1.29, 1.82) is 0 Å². The van der Waals surface area contributed by atoms with Crippen LogP contribution in [0.2, 0.25) is 0 Å². The third kappa shape index (κ3) is 7.53. The summed E-state index contributed by atoms with van der Waals surface area (Å²) in [5, 5.41) is 41.8. The van der Waals surface area contributed by atoms with Gasteiger partial charge in [0.05, 0.1) is 6.61 Å². The van der Waals surface area contributed by atoms with Gasteiger partial charge in [0.15, 0.2) is 0 Å². The number of rotatable bonds is 8. The Morgan fingerprint density at radius 1 is 1.20 bits per heavy atom. The normalized spacial score (nSPS) is 31.0. The summed E-state index contributed by atoms with van der Waals surface area (Å²) in [5.74, 6) is -0.104. The van der Waals surface area contributed by atoms with Crippen LogP contribution in [0.25, 0.3) is 0 Å². The van der Waals surface area contributed by atoms with Crippen LogP contribution in [0.1, 0.15) is 26.2 Å². The molecule has 0 unspecified atom stereocenters. The molecule has 5 N–H and O–H groups in total. The fourth-order valence-corrected chi connectivity index (χ4v) is 3.34. The van der Waals surface area contributed by atoms with Crippen LogP contribution in [0.15, 0.2) is 5.16 Å². The van der Waals surface area contributed by atoms with Crippen LogP contribution in [0.4, 0.5) is 0 Å². The molecule has 0 bridgehead atoms. The van der Waals surface area contributed by atoms with Crippen LogP contribution in [0, 0.1) is 0 Å². The molecule has 0 aromatic heterocycles. The van der Waals surface area contributed by atoms with E-state index in [0.717, 1.165) is 0 Å². The van der Waals surface area contributed by atoms with Crippen LogP contribution >= 0.6 is 11.8 Å². The molecule has 0 aromatic carbocycles. The number of ether oxygens (including phenoxy) is 1. The van der Waals surface area contributed by atoms with E-state index in [0.29, 0.717) is 11.8 Å². The van der Waals surface area contributed by atoms with Crippen molar-refractivity contribution in [2.75, 3.05) is 6.61 Å². The van der Waals surface area contributed by atoms with Gasteiger partial charge >= 0.3 is 10.4 Å². The fourth-order valence-electron chi connectivity index (χ4n) is 2.00. The van der Waals surface area contributed by atoms with Crippen LogP contribution in [-0.2, 0) is 24.2 Å². The molecule has 1 saturated heterocycles. The molecule has 0 saturated carbocycles. The van der Waals surface area contributed by atoms with Crippen molar-refractivity contribution in [1.82, 2.24) is 0 Å². The highest BCUT2D eigenvalue weighted by molar-refractivity contribution is 8.14. The van der Waals surface area contributed by atoms with Crippen LogP contribution in [0.3, 0.4) is 0 Å². The highest BCUT2D eigenvalue weighted by Crippen LogP contribution is 2.30. The van der Waals surface area contributed by atoms with Gasteiger partial charge in [-0.2, -0.15) is 8.42 Å². The standard InChI is InChI=1S/C12H21NO10S2/c1-6(15)3-2-4-8(13-23-25(19,20)21)24-12-11(18)10(17)9(16)7(5-14)22-12/h7,9-12,14,16-18H,2-5H2,1H3,(H,19,20,21)/b13-8+/t7-,9+,10+,11+,12+/m0/s1. The van der Waals surface area contributed by atoms with Crippen molar-refractivity contribution in [3.63, 3.8) is 0 Å². The first-order valence-electron chi connectivity index (χ1n) is 7.24. The Bertz CT molecular complexity index is 578. The minimum atomic E-state index is -4.85. The third-order valence-corrected chi connectivity index (χ3v) is 4.69. The number of thioether (sulfide) groups is 1. The smallest absolute Gasteiger partial charge is 0.394 e. The lowest BCUT2D eigenvalue weighted by Crippen LogP contribution is -2.57. The maximum Gasteiger partial charge on any atom is 0.466 e. The molecule has 0 aromatic rings. The molecule has 25 heavy (non-hydrogen) atoms. The van der Waals surface area contributed by atoms with Crippen molar-refractivity contribution in [2.45, 2.75) is 56.0 Å². The highest BCUT2D eigenvalue weighted by Gasteiger charge is 2.44. The van der Waals surface area contributed by atoms with E-state index in [9.17, 15) is 28.5 Å². The van der Waals surface area contributed by atoms with E-state index in [2.05, 4.69) is 9.44 Å². The summed E-state index contributed by atoms with van der Waals surface area (Å²) in [5.41, 5.74) is -1.20. The Morgan fingerprint density at radius 2 is 1.84 bits per heavy atom. The number of ketones is 1. The molecule has 5 atom stereocenters. The number of hydrogen-bond acceptors (Lipinski definition) is 11. The maximum absolute atomic E-state index is 11.0. The van der Waals surface area contributed by atoms with E-state index in [1.165, 1.54) is 6.92 Å². The summed E-state index contributed by atoms with van der Waals surface area (Å²) >= 11 is 0.675. The topological polar surface area (TPSA) is 183 Å². The number of carbonyl (C=O) groups excluding carboxylic acids is 1. The molecular formula is C12H21NO10S2. The van der Waals surface area contributed by atoms with Gasteiger partial charge in [0.2, 0.25) is 0 Å². The zero-order valence-corrected chi connectivity index (χ0v) is 14.9. The number of aliphatic hydroxyl groups is 4.